The normalized spacial score (nSPS) is 11.6. The van der Waals surface area contributed by atoms with Gasteiger partial charge in [-0.25, -0.2) is 4.98 Å². The van der Waals surface area contributed by atoms with Gasteiger partial charge in [0.05, 0.1) is 11.1 Å². The number of fused-ring (bicyclic) bond motifs is 1. The average Bonchev–Trinajstić information content (AvgIpc) is 2.46. The van der Waals surface area contributed by atoms with E-state index in [1.807, 2.05) is 30.3 Å². The number of pyridine rings is 1. The summed E-state index contributed by atoms with van der Waals surface area (Å²) in [6.45, 7) is 6.52. The van der Waals surface area contributed by atoms with E-state index in [4.69, 9.17) is 22.9 Å². The summed E-state index contributed by atoms with van der Waals surface area (Å²) in [6, 6.07) is 10.0. The molecule has 0 unspecified atom stereocenters. The number of aromatic nitrogens is 1. The minimum absolute atomic E-state index is 0.00497. The van der Waals surface area contributed by atoms with Gasteiger partial charge >= 0.3 is 0 Å². The zero-order valence-corrected chi connectivity index (χ0v) is 13.1. The lowest BCUT2D eigenvalue weighted by atomic mass is 9.95. The fourth-order valence-corrected chi connectivity index (χ4v) is 2.27. The first-order valence-corrected chi connectivity index (χ1v) is 7.37. The van der Waals surface area contributed by atoms with Gasteiger partial charge in [-0.3, -0.25) is 0 Å². The topological polar surface area (TPSA) is 50.9 Å². The number of nitrogens with two attached hydrogens (primary N) is 1. The lowest BCUT2D eigenvalue weighted by molar-refractivity contribution is 0.477. The van der Waals surface area contributed by atoms with Crippen LogP contribution in [0, 0.1) is 0 Å². The molecular formula is C16H21N3S. The first-order valence-electron chi connectivity index (χ1n) is 6.97. The molecule has 0 aliphatic heterocycles. The van der Waals surface area contributed by atoms with Crippen LogP contribution in [0.15, 0.2) is 30.3 Å². The molecule has 0 fully saturated rings. The highest BCUT2D eigenvalue weighted by molar-refractivity contribution is 7.80. The summed E-state index contributed by atoms with van der Waals surface area (Å²) in [4.78, 5) is 5.07. The minimum atomic E-state index is -0.00497. The third kappa shape index (κ3) is 2.90. The zero-order chi connectivity index (χ0) is 14.8. The van der Waals surface area contributed by atoms with Gasteiger partial charge in [0.1, 0.15) is 10.8 Å². The summed E-state index contributed by atoms with van der Waals surface area (Å²) in [5.41, 5.74) is 7.61. The molecule has 0 atom stereocenters. The number of rotatable bonds is 5. The number of hydrogen-bond acceptors (Lipinski definition) is 3. The van der Waals surface area contributed by atoms with Gasteiger partial charge in [-0.15, -0.1) is 0 Å². The van der Waals surface area contributed by atoms with Gasteiger partial charge in [0, 0.05) is 10.9 Å². The summed E-state index contributed by atoms with van der Waals surface area (Å²) < 4.78 is 0. The molecular weight excluding hydrogens is 266 g/mol. The van der Waals surface area contributed by atoms with Crippen molar-refractivity contribution >= 4 is 33.9 Å². The predicted molar refractivity (Wildman–Crippen MR) is 90.2 cm³/mol. The smallest absolute Gasteiger partial charge is 0.137 e. The molecule has 0 bridgehead atoms. The third-order valence-corrected chi connectivity index (χ3v) is 4.19. The lowest BCUT2D eigenvalue weighted by Crippen LogP contribution is -2.34. The van der Waals surface area contributed by atoms with E-state index in [9.17, 15) is 0 Å². The number of para-hydroxylation sites is 1. The summed E-state index contributed by atoms with van der Waals surface area (Å²) in [5, 5.41) is 4.57. The molecule has 0 saturated carbocycles. The molecule has 0 radical (unpaired) electrons. The molecule has 3 N–H and O–H groups in total. The van der Waals surface area contributed by atoms with Gasteiger partial charge in [-0.05, 0) is 31.9 Å². The highest BCUT2D eigenvalue weighted by Gasteiger charge is 2.22. The van der Waals surface area contributed by atoms with Crippen molar-refractivity contribution in [3.05, 3.63) is 35.9 Å². The Morgan fingerprint density at radius 1 is 1.30 bits per heavy atom. The maximum absolute atomic E-state index is 5.86. The van der Waals surface area contributed by atoms with Crippen molar-refractivity contribution < 1.29 is 0 Å². The standard InChI is InChI=1S/C16H21N3S/c1-4-16(3,5-2)19-15-12(14(17)20)10-11-8-6-7-9-13(11)18-15/h6-10H,4-5H2,1-3H3,(H2,17,20)(H,18,19). The van der Waals surface area contributed by atoms with Gasteiger partial charge in [-0.1, -0.05) is 44.3 Å². The summed E-state index contributed by atoms with van der Waals surface area (Å²) in [7, 11) is 0. The van der Waals surface area contributed by atoms with Gasteiger partial charge in [0.2, 0.25) is 0 Å². The summed E-state index contributed by atoms with van der Waals surface area (Å²) >= 11 is 5.17. The van der Waals surface area contributed by atoms with E-state index in [-0.39, 0.29) is 5.54 Å². The Bertz CT molecular complexity index is 633. The van der Waals surface area contributed by atoms with Crippen molar-refractivity contribution in [3.8, 4) is 0 Å². The van der Waals surface area contributed by atoms with Crippen LogP contribution >= 0.6 is 12.2 Å². The molecule has 0 spiro atoms. The largest absolute Gasteiger partial charge is 0.389 e. The number of nitrogens with one attached hydrogen (secondary N) is 1. The number of nitrogens with zero attached hydrogens (tertiary/aromatic N) is 1. The van der Waals surface area contributed by atoms with E-state index in [2.05, 4.69) is 26.1 Å². The molecule has 3 nitrogen and oxygen atoms in total. The molecule has 2 rings (SSSR count). The van der Waals surface area contributed by atoms with Crippen molar-refractivity contribution in [2.45, 2.75) is 39.2 Å². The Balaban J connectivity index is 2.55. The molecule has 0 amide bonds. The fourth-order valence-electron chi connectivity index (χ4n) is 2.11. The maximum Gasteiger partial charge on any atom is 0.137 e. The molecule has 0 aliphatic carbocycles. The Morgan fingerprint density at radius 2 is 1.95 bits per heavy atom. The van der Waals surface area contributed by atoms with Crippen LogP contribution in [0.3, 0.4) is 0 Å². The van der Waals surface area contributed by atoms with E-state index in [0.717, 1.165) is 35.1 Å². The Hall–Kier alpha value is -1.68. The third-order valence-electron chi connectivity index (χ3n) is 3.97. The summed E-state index contributed by atoms with van der Waals surface area (Å²) in [6.07, 6.45) is 2.02. The SMILES string of the molecule is CCC(C)(CC)Nc1nc2ccccc2cc1C(N)=S. The number of benzene rings is 1. The predicted octanol–water partition coefficient (Wildman–Crippen LogP) is 3.86. The van der Waals surface area contributed by atoms with Gasteiger partial charge in [0.15, 0.2) is 0 Å². The van der Waals surface area contributed by atoms with Crippen molar-refractivity contribution in [2.24, 2.45) is 5.73 Å². The lowest BCUT2D eigenvalue weighted by Gasteiger charge is -2.30. The van der Waals surface area contributed by atoms with Gasteiger partial charge in [-0.2, -0.15) is 0 Å². The Morgan fingerprint density at radius 3 is 2.55 bits per heavy atom. The Kier molecular flexibility index (Phi) is 4.23. The van der Waals surface area contributed by atoms with Crippen molar-refractivity contribution in [3.63, 3.8) is 0 Å². The van der Waals surface area contributed by atoms with Gasteiger partial charge in [0.25, 0.3) is 0 Å². The van der Waals surface area contributed by atoms with Crippen LogP contribution in [0.5, 0.6) is 0 Å². The fraction of sp³-hybridized carbons (Fsp3) is 0.375. The highest BCUT2D eigenvalue weighted by Crippen LogP contribution is 2.26. The average molecular weight is 287 g/mol. The molecule has 106 valence electrons. The maximum atomic E-state index is 5.86. The van der Waals surface area contributed by atoms with Crippen LogP contribution in [0.25, 0.3) is 10.9 Å². The summed E-state index contributed by atoms with van der Waals surface area (Å²) in [5.74, 6) is 0.780. The number of thiocarbonyl (C=S) groups is 1. The van der Waals surface area contributed by atoms with Gasteiger partial charge < -0.3 is 11.1 Å². The van der Waals surface area contributed by atoms with E-state index in [1.165, 1.54) is 0 Å². The van der Waals surface area contributed by atoms with E-state index in [0.29, 0.717) is 4.99 Å². The van der Waals surface area contributed by atoms with Crippen LogP contribution in [0.1, 0.15) is 39.2 Å². The Labute approximate surface area is 125 Å². The second kappa shape index (κ2) is 5.75. The number of anilines is 1. The number of hydrogen-bond donors (Lipinski definition) is 2. The molecule has 4 heteroatoms. The first-order chi connectivity index (χ1) is 9.49. The van der Waals surface area contributed by atoms with Crippen molar-refractivity contribution in [2.75, 3.05) is 5.32 Å². The highest BCUT2D eigenvalue weighted by atomic mass is 32.1. The monoisotopic (exact) mass is 287 g/mol. The van der Waals surface area contributed by atoms with Crippen molar-refractivity contribution in [1.29, 1.82) is 0 Å². The van der Waals surface area contributed by atoms with Crippen molar-refractivity contribution in [1.82, 2.24) is 4.98 Å². The second-order valence-electron chi connectivity index (χ2n) is 5.33. The molecule has 1 heterocycles. The van der Waals surface area contributed by atoms with E-state index >= 15 is 0 Å². The van der Waals surface area contributed by atoms with Crippen LogP contribution in [-0.2, 0) is 0 Å². The quantitative estimate of drug-likeness (QED) is 0.820. The zero-order valence-electron chi connectivity index (χ0n) is 12.2. The van der Waals surface area contributed by atoms with Crippen LogP contribution < -0.4 is 11.1 Å². The van der Waals surface area contributed by atoms with E-state index < -0.39 is 0 Å². The molecule has 1 aromatic heterocycles. The van der Waals surface area contributed by atoms with E-state index in [1.54, 1.807) is 0 Å². The molecule has 0 saturated heterocycles. The second-order valence-corrected chi connectivity index (χ2v) is 5.77. The molecule has 20 heavy (non-hydrogen) atoms. The van der Waals surface area contributed by atoms with Crippen LogP contribution in [-0.4, -0.2) is 15.5 Å². The van der Waals surface area contributed by atoms with Crippen LogP contribution in [0.4, 0.5) is 5.82 Å². The minimum Gasteiger partial charge on any atom is -0.389 e. The molecule has 1 aromatic carbocycles. The molecule has 0 aliphatic rings. The first kappa shape index (κ1) is 14.7. The molecule has 2 aromatic rings. The van der Waals surface area contributed by atoms with Crippen LogP contribution in [0.2, 0.25) is 0 Å².